The van der Waals surface area contributed by atoms with Gasteiger partial charge < -0.3 is 30.1 Å². The minimum absolute atomic E-state index is 0.218. The van der Waals surface area contributed by atoms with Gasteiger partial charge in [-0.25, -0.2) is 9.97 Å². The molecule has 0 saturated carbocycles. The van der Waals surface area contributed by atoms with Crippen molar-refractivity contribution in [1.82, 2.24) is 43.6 Å². The van der Waals surface area contributed by atoms with Crippen molar-refractivity contribution in [3.05, 3.63) is 88.5 Å². The van der Waals surface area contributed by atoms with Crippen LogP contribution in [0.25, 0.3) is 22.1 Å². The lowest BCUT2D eigenvalue weighted by molar-refractivity contribution is -0.105. The number of carbonyl (C=O) groups excluding carboxylic acids is 4. The van der Waals surface area contributed by atoms with Crippen molar-refractivity contribution < 1.29 is 28.7 Å². The Morgan fingerprint density at radius 1 is 0.820 bits per heavy atom. The molecule has 1 fully saturated rings. The number of benzene rings is 2. The molecular weight excluding hydrogens is 783 g/mol. The second-order valence-electron chi connectivity index (χ2n) is 14.4. The largest absolute Gasteiger partial charge is 0.491 e. The molecule has 1 aliphatic heterocycles. The van der Waals surface area contributed by atoms with Crippen LogP contribution in [0.3, 0.4) is 0 Å². The number of carbonyl (C=O) groups is 4. The Balaban J connectivity index is 0.000000613. The summed E-state index contributed by atoms with van der Waals surface area (Å²) in [4.78, 5) is 60.6. The summed E-state index contributed by atoms with van der Waals surface area (Å²) in [6.45, 7) is 16.2. The summed E-state index contributed by atoms with van der Waals surface area (Å²) in [5.74, 6) is -0.733. The maximum absolute atomic E-state index is 13.6. The molecule has 0 radical (unpaired) electrons. The Labute approximate surface area is 352 Å². The molecule has 4 aromatic heterocycles. The number of morpholine rings is 1. The number of nitrogens with one attached hydrogen (secondary N) is 2. The van der Waals surface area contributed by atoms with E-state index in [1.54, 1.807) is 50.2 Å². The number of ether oxygens (including phenoxy) is 2. The molecule has 0 aliphatic carbocycles. The highest BCUT2D eigenvalue weighted by atomic mass is 16.5. The number of aryl methyl sites for hydroxylation is 5. The average molecular weight is 836 g/mol. The minimum atomic E-state index is -0.641. The molecule has 1 aliphatic rings. The zero-order valence-corrected chi connectivity index (χ0v) is 35.2. The molecule has 2 aromatic carbocycles. The average Bonchev–Trinajstić information content (AvgIpc) is 4.00. The summed E-state index contributed by atoms with van der Waals surface area (Å²) in [6, 6.07) is 11.8. The highest BCUT2D eigenvalue weighted by Gasteiger charge is 2.22. The van der Waals surface area contributed by atoms with Crippen molar-refractivity contribution in [2.75, 3.05) is 50.1 Å². The van der Waals surface area contributed by atoms with Gasteiger partial charge in [0.1, 0.15) is 17.0 Å². The van der Waals surface area contributed by atoms with Gasteiger partial charge in [0, 0.05) is 62.6 Å². The Bertz CT molecular complexity index is 2560. The molecule has 5 heterocycles. The molecule has 6 N–H and O–H groups in total. The predicted molar refractivity (Wildman–Crippen MR) is 231 cm³/mol. The number of hydrogen-bond acceptors (Lipinski definition) is 11. The molecule has 19 heteroatoms. The fraction of sp³-hybridized carbons (Fsp3) is 0.381. The third kappa shape index (κ3) is 10.5. The molecule has 6 aromatic rings. The van der Waals surface area contributed by atoms with Crippen molar-refractivity contribution in [2.24, 2.45) is 11.5 Å². The molecule has 19 nitrogen and oxygen atoms in total. The summed E-state index contributed by atoms with van der Waals surface area (Å²) in [5, 5.41) is 14.2. The van der Waals surface area contributed by atoms with Gasteiger partial charge in [-0.2, -0.15) is 10.2 Å². The van der Waals surface area contributed by atoms with E-state index >= 15 is 0 Å². The second kappa shape index (κ2) is 19.9. The van der Waals surface area contributed by atoms with Crippen molar-refractivity contribution in [1.29, 1.82) is 0 Å². The number of allylic oxidation sites excluding steroid dienone is 2. The van der Waals surface area contributed by atoms with E-state index < -0.39 is 17.7 Å². The van der Waals surface area contributed by atoms with Gasteiger partial charge in [-0.15, -0.1) is 0 Å². The van der Waals surface area contributed by atoms with Crippen LogP contribution in [0.15, 0.2) is 54.6 Å². The first-order chi connectivity index (χ1) is 29.4. The summed E-state index contributed by atoms with van der Waals surface area (Å²) >= 11 is 0. The van der Waals surface area contributed by atoms with Crippen molar-refractivity contribution >= 4 is 58.1 Å². The topological polar surface area (TPSA) is 237 Å². The van der Waals surface area contributed by atoms with Gasteiger partial charge in [0.05, 0.1) is 47.8 Å². The Morgan fingerprint density at radius 2 is 1.48 bits per heavy atom. The molecule has 4 amide bonds. The number of imidazole rings is 2. The highest BCUT2D eigenvalue weighted by molar-refractivity contribution is 6.04. The third-order valence-electron chi connectivity index (χ3n) is 10.1. The van der Waals surface area contributed by atoms with E-state index in [4.69, 9.17) is 25.9 Å². The van der Waals surface area contributed by atoms with Gasteiger partial charge in [0.25, 0.3) is 5.91 Å². The van der Waals surface area contributed by atoms with Gasteiger partial charge in [-0.3, -0.25) is 44.1 Å². The lowest BCUT2D eigenvalue weighted by Gasteiger charge is -2.26. The zero-order chi connectivity index (χ0) is 43.6. The molecule has 0 atom stereocenters. The van der Waals surface area contributed by atoms with Crippen LogP contribution in [-0.2, 0) is 35.7 Å². The lowest BCUT2D eigenvalue weighted by Crippen LogP contribution is -2.37. The number of aromatic nitrogens is 8. The third-order valence-corrected chi connectivity index (χ3v) is 10.1. The Morgan fingerprint density at radius 3 is 2.11 bits per heavy atom. The van der Waals surface area contributed by atoms with E-state index in [1.165, 1.54) is 5.69 Å². The number of anilines is 2. The van der Waals surface area contributed by atoms with Gasteiger partial charge in [0.2, 0.25) is 30.1 Å². The fourth-order valence-corrected chi connectivity index (χ4v) is 7.17. The van der Waals surface area contributed by atoms with Crippen LogP contribution in [0.5, 0.6) is 5.75 Å². The normalized spacial score (nSPS) is 13.1. The predicted octanol–water partition coefficient (Wildman–Crippen LogP) is 3.81. The number of fused-ring (bicyclic) bond motifs is 2. The van der Waals surface area contributed by atoms with Crippen LogP contribution in [0, 0.1) is 20.8 Å². The Kier molecular flexibility index (Phi) is 14.3. The van der Waals surface area contributed by atoms with Crippen molar-refractivity contribution in [3.63, 3.8) is 0 Å². The van der Waals surface area contributed by atoms with Crippen LogP contribution < -0.4 is 26.8 Å². The number of nitrogens with two attached hydrogens (primary N) is 2. The summed E-state index contributed by atoms with van der Waals surface area (Å²) < 4.78 is 18.9. The first kappa shape index (κ1) is 43.7. The van der Waals surface area contributed by atoms with Crippen molar-refractivity contribution in [2.45, 2.75) is 67.2 Å². The summed E-state index contributed by atoms with van der Waals surface area (Å²) in [7, 11) is 0. The van der Waals surface area contributed by atoms with E-state index in [-0.39, 0.29) is 24.0 Å². The van der Waals surface area contributed by atoms with E-state index in [0.29, 0.717) is 84.1 Å². The smallest absolute Gasteiger partial charge is 0.276 e. The fourth-order valence-electron chi connectivity index (χ4n) is 7.17. The van der Waals surface area contributed by atoms with Crippen LogP contribution in [0.1, 0.15) is 68.6 Å². The monoisotopic (exact) mass is 835 g/mol. The summed E-state index contributed by atoms with van der Waals surface area (Å²) in [5.41, 5.74) is 17.2. The van der Waals surface area contributed by atoms with Crippen LogP contribution in [-0.4, -0.2) is 107 Å². The molecule has 61 heavy (non-hydrogen) atoms. The van der Waals surface area contributed by atoms with Gasteiger partial charge >= 0.3 is 0 Å². The highest BCUT2D eigenvalue weighted by Crippen LogP contribution is 2.32. The van der Waals surface area contributed by atoms with Crippen LogP contribution in [0.2, 0.25) is 0 Å². The van der Waals surface area contributed by atoms with Gasteiger partial charge in [-0.1, -0.05) is 12.2 Å². The van der Waals surface area contributed by atoms with E-state index in [9.17, 15) is 19.2 Å². The van der Waals surface area contributed by atoms with Gasteiger partial charge in [-0.05, 0) is 83.5 Å². The SMILES string of the molecule is CCn1nc(C)cc1C.CCn1nc(C)cc1C(=O)Nc1nc2cc(C(N)=O)cc(OCCCN3CCOCC3)c2n1C/C=C/Cn1c(NC=O)nc2cc(C(N)=O)ccc21. The first-order valence-electron chi connectivity index (χ1n) is 20.2. The molecule has 0 unspecified atom stereocenters. The maximum Gasteiger partial charge on any atom is 0.276 e. The number of nitrogens with zero attached hydrogens (tertiary/aromatic N) is 9. The van der Waals surface area contributed by atoms with Crippen molar-refractivity contribution in [3.8, 4) is 5.75 Å². The standard InChI is InChI=1S/C35H41N11O6.C7H12N2/c1-3-46-28(17-22(2)42-46)33(50)41-35-40-26-19-24(32(37)49)20-29(52-14-6-9-43-12-15-51-16-13-43)30(26)45(35)11-5-4-10-44-27-8-7-23(31(36)48)18-25(27)39-34(44)38-21-47;1-4-9-7(3)5-6(2)8-9/h4-5,7-8,17-21H,3,6,9-16H2,1-2H3,(H2,36,48)(H2,37,49)(H,38,39,47)(H,40,41,50);5H,4H2,1-3H3/b5-4+;. The molecule has 7 rings (SSSR count). The Hall–Kier alpha value is -6.86. The molecule has 322 valence electrons. The minimum Gasteiger partial charge on any atom is -0.491 e. The first-order valence-corrected chi connectivity index (χ1v) is 20.2. The maximum atomic E-state index is 13.6. The number of rotatable bonds is 17. The second-order valence-corrected chi connectivity index (χ2v) is 14.4. The molecule has 1 saturated heterocycles. The van der Waals surface area contributed by atoms with Gasteiger partial charge in [0.15, 0.2) is 0 Å². The van der Waals surface area contributed by atoms with E-state index in [1.807, 2.05) is 37.6 Å². The lowest BCUT2D eigenvalue weighted by atomic mass is 10.1. The molecule has 0 bridgehead atoms. The van der Waals surface area contributed by atoms with E-state index in [2.05, 4.69) is 50.6 Å². The molecule has 0 spiro atoms. The number of amides is 4. The summed E-state index contributed by atoms with van der Waals surface area (Å²) in [6.07, 6.45) is 5.00. The number of primary amides is 2. The zero-order valence-electron chi connectivity index (χ0n) is 35.2. The van der Waals surface area contributed by atoms with Crippen LogP contribution in [0.4, 0.5) is 11.9 Å². The van der Waals surface area contributed by atoms with Crippen LogP contribution >= 0.6 is 0 Å². The number of hydrogen-bond donors (Lipinski definition) is 4. The molecular formula is C42H53N13O6. The van der Waals surface area contributed by atoms with E-state index in [0.717, 1.165) is 38.3 Å². The quantitative estimate of drug-likeness (QED) is 0.0586.